The molecule has 0 atom stereocenters. The number of sulfonamides is 1. The number of hydrogen-bond donors (Lipinski definition) is 2. The van der Waals surface area contributed by atoms with Crippen molar-refractivity contribution in [1.29, 1.82) is 0 Å². The van der Waals surface area contributed by atoms with Gasteiger partial charge < -0.3 is 10.5 Å². The fraction of sp³-hybridized carbons (Fsp3) is 0.333. The van der Waals surface area contributed by atoms with Crippen LogP contribution in [-0.2, 0) is 19.6 Å². The summed E-state index contributed by atoms with van der Waals surface area (Å²) in [5.74, 6) is -0.692. The van der Waals surface area contributed by atoms with E-state index in [-0.39, 0.29) is 29.3 Å². The Hall–Kier alpha value is -1.38. The van der Waals surface area contributed by atoms with Gasteiger partial charge in [0.2, 0.25) is 10.0 Å². The molecule has 0 fully saturated rings. The lowest BCUT2D eigenvalue weighted by Gasteiger charge is -2.12. The summed E-state index contributed by atoms with van der Waals surface area (Å²) < 4.78 is 30.7. The molecule has 0 aliphatic heterocycles. The quantitative estimate of drug-likeness (QED) is 0.573. The Balaban J connectivity index is 2.82. The summed E-state index contributed by atoms with van der Waals surface area (Å²) >= 11 is 10.7. The van der Waals surface area contributed by atoms with Crippen LogP contribution in [0, 0.1) is 0 Å². The summed E-state index contributed by atoms with van der Waals surface area (Å²) in [6.07, 6.45) is 0.167. The van der Waals surface area contributed by atoms with Gasteiger partial charge in [0.25, 0.3) is 0 Å². The van der Waals surface area contributed by atoms with E-state index in [0.29, 0.717) is 10.6 Å². The molecule has 6 nitrogen and oxygen atoms in total. The first-order valence-electron chi connectivity index (χ1n) is 5.92. The van der Waals surface area contributed by atoms with Crippen molar-refractivity contribution in [2.24, 2.45) is 5.73 Å². The fourth-order valence-electron chi connectivity index (χ4n) is 1.54. The van der Waals surface area contributed by atoms with Gasteiger partial charge in [-0.1, -0.05) is 23.8 Å². The SMILES string of the molecule is COC(=O)CCCS(=O)(=O)Nc1cc(Cl)ccc1C(N)=S. The molecular weight excluding hydrogens is 336 g/mol. The normalized spacial score (nSPS) is 11.0. The largest absolute Gasteiger partial charge is 0.469 e. The molecular formula is C12H15ClN2O4S2. The Morgan fingerprint density at radius 3 is 2.71 bits per heavy atom. The first-order valence-corrected chi connectivity index (χ1v) is 8.35. The zero-order valence-electron chi connectivity index (χ0n) is 11.3. The van der Waals surface area contributed by atoms with Crippen LogP contribution in [0.4, 0.5) is 5.69 Å². The maximum absolute atomic E-state index is 12.0. The molecule has 3 N–H and O–H groups in total. The summed E-state index contributed by atoms with van der Waals surface area (Å²) in [6.45, 7) is 0. The number of benzene rings is 1. The van der Waals surface area contributed by atoms with Gasteiger partial charge in [-0.25, -0.2) is 8.42 Å². The van der Waals surface area contributed by atoms with Gasteiger partial charge in [0.1, 0.15) is 4.99 Å². The molecule has 0 saturated heterocycles. The summed E-state index contributed by atoms with van der Waals surface area (Å²) in [5.41, 5.74) is 6.13. The molecule has 9 heteroatoms. The zero-order chi connectivity index (χ0) is 16.0. The third-order valence-corrected chi connectivity index (χ3v) is 4.35. The van der Waals surface area contributed by atoms with Crippen molar-refractivity contribution in [3.05, 3.63) is 28.8 Å². The van der Waals surface area contributed by atoms with Gasteiger partial charge in [0.15, 0.2) is 0 Å². The highest BCUT2D eigenvalue weighted by molar-refractivity contribution is 7.92. The average Bonchev–Trinajstić information content (AvgIpc) is 2.37. The van der Waals surface area contributed by atoms with Crippen molar-refractivity contribution in [1.82, 2.24) is 0 Å². The molecule has 1 aromatic rings. The summed E-state index contributed by atoms with van der Waals surface area (Å²) in [5, 5.41) is 0.349. The van der Waals surface area contributed by atoms with E-state index in [0.717, 1.165) is 0 Å². The van der Waals surface area contributed by atoms with Gasteiger partial charge in [-0.15, -0.1) is 0 Å². The first kappa shape index (κ1) is 17.7. The minimum atomic E-state index is -3.64. The van der Waals surface area contributed by atoms with Crippen LogP contribution in [0.25, 0.3) is 0 Å². The Morgan fingerprint density at radius 2 is 2.14 bits per heavy atom. The molecule has 0 heterocycles. The third kappa shape index (κ3) is 5.86. The number of nitrogens with two attached hydrogens (primary N) is 1. The number of carbonyl (C=O) groups excluding carboxylic acids is 1. The second-order valence-electron chi connectivity index (χ2n) is 4.15. The minimum Gasteiger partial charge on any atom is -0.469 e. The number of esters is 1. The van der Waals surface area contributed by atoms with E-state index in [1.165, 1.54) is 19.2 Å². The second-order valence-corrected chi connectivity index (χ2v) is 6.87. The van der Waals surface area contributed by atoms with E-state index in [9.17, 15) is 13.2 Å². The number of anilines is 1. The number of hydrogen-bond acceptors (Lipinski definition) is 5. The summed E-state index contributed by atoms with van der Waals surface area (Å²) in [7, 11) is -2.40. The average molecular weight is 351 g/mol. The Kier molecular flexibility index (Phi) is 6.38. The third-order valence-electron chi connectivity index (χ3n) is 2.53. The second kappa shape index (κ2) is 7.58. The molecule has 0 radical (unpaired) electrons. The predicted molar refractivity (Wildman–Crippen MR) is 86.0 cm³/mol. The number of ether oxygens (including phenoxy) is 1. The highest BCUT2D eigenvalue weighted by Crippen LogP contribution is 2.22. The standard InChI is InChI=1S/C12H15ClN2O4S2/c1-19-11(16)3-2-6-21(17,18)15-10-7-8(13)4-5-9(10)12(14)20/h4-5,7,15H,2-3,6H2,1H3,(H2,14,20). The van der Waals surface area contributed by atoms with Crippen LogP contribution >= 0.6 is 23.8 Å². The molecule has 0 bridgehead atoms. The van der Waals surface area contributed by atoms with Gasteiger partial charge in [-0.05, 0) is 24.6 Å². The van der Waals surface area contributed by atoms with Gasteiger partial charge in [-0.2, -0.15) is 0 Å². The van der Waals surface area contributed by atoms with Crippen LogP contribution in [-0.4, -0.2) is 32.2 Å². The molecule has 0 amide bonds. The lowest BCUT2D eigenvalue weighted by molar-refractivity contribution is -0.140. The van der Waals surface area contributed by atoms with Crippen LogP contribution in [0.1, 0.15) is 18.4 Å². The molecule has 0 spiro atoms. The van der Waals surface area contributed by atoms with Gasteiger partial charge in [-0.3, -0.25) is 9.52 Å². The molecule has 0 aromatic heterocycles. The Bertz CT molecular complexity index is 647. The molecule has 0 saturated carbocycles. The van der Waals surface area contributed by atoms with E-state index in [4.69, 9.17) is 29.6 Å². The molecule has 0 aliphatic rings. The lowest BCUT2D eigenvalue weighted by atomic mass is 10.2. The van der Waals surface area contributed by atoms with Gasteiger partial charge >= 0.3 is 5.97 Å². The molecule has 0 unspecified atom stereocenters. The van der Waals surface area contributed by atoms with E-state index >= 15 is 0 Å². The monoisotopic (exact) mass is 350 g/mol. The molecule has 1 rings (SSSR count). The van der Waals surface area contributed by atoms with E-state index in [1.54, 1.807) is 6.07 Å². The number of methoxy groups -OCH3 is 1. The van der Waals surface area contributed by atoms with E-state index < -0.39 is 16.0 Å². The number of halogens is 1. The Morgan fingerprint density at radius 1 is 1.48 bits per heavy atom. The number of carbonyl (C=O) groups is 1. The van der Waals surface area contributed by atoms with Crippen molar-refractivity contribution in [3.63, 3.8) is 0 Å². The number of thiocarbonyl (C=S) groups is 1. The van der Waals surface area contributed by atoms with Gasteiger partial charge in [0, 0.05) is 17.0 Å². The Labute approximate surface area is 133 Å². The summed E-state index contributed by atoms with van der Waals surface area (Å²) in [6, 6.07) is 4.52. The van der Waals surface area contributed by atoms with Crippen molar-refractivity contribution in [3.8, 4) is 0 Å². The highest BCUT2D eigenvalue weighted by atomic mass is 35.5. The van der Waals surface area contributed by atoms with Crippen LogP contribution in [0.3, 0.4) is 0 Å². The van der Waals surface area contributed by atoms with Crippen LogP contribution in [0.5, 0.6) is 0 Å². The van der Waals surface area contributed by atoms with Crippen LogP contribution < -0.4 is 10.5 Å². The van der Waals surface area contributed by atoms with Crippen LogP contribution in [0.15, 0.2) is 18.2 Å². The van der Waals surface area contributed by atoms with Crippen LogP contribution in [0.2, 0.25) is 5.02 Å². The van der Waals surface area contributed by atoms with E-state index in [1.807, 2.05) is 0 Å². The smallest absolute Gasteiger partial charge is 0.305 e. The number of rotatable bonds is 7. The molecule has 21 heavy (non-hydrogen) atoms. The number of nitrogens with one attached hydrogen (secondary N) is 1. The summed E-state index contributed by atoms with van der Waals surface area (Å²) in [4.78, 5) is 11.0. The van der Waals surface area contributed by atoms with Gasteiger partial charge in [0.05, 0.1) is 18.6 Å². The minimum absolute atomic E-state index is 0.0229. The van der Waals surface area contributed by atoms with Crippen molar-refractivity contribution in [2.75, 3.05) is 17.6 Å². The van der Waals surface area contributed by atoms with Crippen molar-refractivity contribution >= 4 is 50.5 Å². The maximum atomic E-state index is 12.0. The zero-order valence-corrected chi connectivity index (χ0v) is 13.6. The predicted octanol–water partition coefficient (Wildman–Crippen LogP) is 1.67. The van der Waals surface area contributed by atoms with Crippen molar-refractivity contribution < 1.29 is 17.9 Å². The highest BCUT2D eigenvalue weighted by Gasteiger charge is 2.15. The molecule has 1 aromatic carbocycles. The first-order chi connectivity index (χ1) is 9.75. The lowest BCUT2D eigenvalue weighted by Crippen LogP contribution is -2.20. The van der Waals surface area contributed by atoms with Crippen molar-refractivity contribution in [2.45, 2.75) is 12.8 Å². The fourth-order valence-corrected chi connectivity index (χ4v) is 3.02. The van der Waals surface area contributed by atoms with E-state index in [2.05, 4.69) is 9.46 Å². The molecule has 116 valence electrons. The maximum Gasteiger partial charge on any atom is 0.305 e. The molecule has 0 aliphatic carbocycles. The topological polar surface area (TPSA) is 98.5 Å².